The third-order valence-electron chi connectivity index (χ3n) is 2.78. The molecule has 2 N–H and O–H groups in total. The van der Waals surface area contributed by atoms with Crippen LogP contribution in [0.15, 0.2) is 36.4 Å². The molecule has 0 bridgehead atoms. The van der Waals surface area contributed by atoms with Crippen molar-refractivity contribution in [1.29, 1.82) is 0 Å². The summed E-state index contributed by atoms with van der Waals surface area (Å²) < 4.78 is 20.1. The smallest absolute Gasteiger partial charge is 0.341 e. The first-order valence-corrected chi connectivity index (χ1v) is 7.02. The Bertz CT molecular complexity index is 641. The van der Waals surface area contributed by atoms with Crippen molar-refractivity contribution in [3.63, 3.8) is 0 Å². The maximum atomic E-state index is 13.9. The van der Waals surface area contributed by atoms with Crippen LogP contribution in [0.5, 0.6) is 0 Å². The number of carbonyl (C=O) groups excluding carboxylic acids is 1. The first-order chi connectivity index (χ1) is 9.47. The Morgan fingerprint density at radius 3 is 2.60 bits per heavy atom. The fourth-order valence-electron chi connectivity index (χ4n) is 1.75. The number of hydrogen-bond donors (Lipinski definition) is 1. The number of anilines is 1. The van der Waals surface area contributed by atoms with Crippen LogP contribution in [0.3, 0.4) is 0 Å². The molecule has 0 saturated heterocycles. The molecule has 0 aliphatic rings. The van der Waals surface area contributed by atoms with Crippen LogP contribution in [0.4, 0.5) is 10.1 Å². The lowest BCUT2D eigenvalue weighted by Gasteiger charge is -2.08. The van der Waals surface area contributed by atoms with Crippen molar-refractivity contribution in [2.75, 3.05) is 5.73 Å². The van der Waals surface area contributed by atoms with Gasteiger partial charge < -0.3 is 10.5 Å². The van der Waals surface area contributed by atoms with Crippen LogP contribution in [-0.2, 0) is 11.3 Å². The Kier molecular flexibility index (Phi) is 4.59. The topological polar surface area (TPSA) is 52.3 Å². The van der Waals surface area contributed by atoms with E-state index in [0.29, 0.717) is 11.3 Å². The molecule has 0 aliphatic carbocycles. The summed E-state index contributed by atoms with van der Waals surface area (Å²) in [4.78, 5) is 11.9. The van der Waals surface area contributed by atoms with Crippen LogP contribution in [0, 0.1) is 16.3 Å². The lowest BCUT2D eigenvalue weighted by molar-refractivity contribution is 0.0467. The van der Waals surface area contributed by atoms with Gasteiger partial charge in [-0.3, -0.25) is 0 Å². The van der Waals surface area contributed by atoms with Crippen LogP contribution < -0.4 is 5.73 Å². The van der Waals surface area contributed by atoms with Gasteiger partial charge in [0.1, 0.15) is 12.4 Å². The molecule has 2 aromatic rings. The van der Waals surface area contributed by atoms with E-state index in [0.717, 1.165) is 9.13 Å². The van der Waals surface area contributed by atoms with Crippen LogP contribution in [0.2, 0.25) is 0 Å². The van der Waals surface area contributed by atoms with Gasteiger partial charge in [0, 0.05) is 9.26 Å². The van der Waals surface area contributed by atoms with Crippen LogP contribution in [0.25, 0.3) is 0 Å². The number of ether oxygens (including phenoxy) is 1. The van der Waals surface area contributed by atoms with E-state index < -0.39 is 11.8 Å². The Morgan fingerprint density at radius 2 is 1.95 bits per heavy atom. The van der Waals surface area contributed by atoms with Gasteiger partial charge in [0.15, 0.2) is 0 Å². The summed E-state index contributed by atoms with van der Waals surface area (Å²) in [5.41, 5.74) is 6.99. The number of carbonyl (C=O) groups is 1. The molecule has 0 spiro atoms. The Hall–Kier alpha value is -1.63. The Labute approximate surface area is 130 Å². The zero-order valence-corrected chi connectivity index (χ0v) is 13.0. The van der Waals surface area contributed by atoms with E-state index in [9.17, 15) is 9.18 Å². The van der Waals surface area contributed by atoms with Crippen LogP contribution in [0.1, 0.15) is 21.5 Å². The van der Waals surface area contributed by atoms with Gasteiger partial charge in [-0.2, -0.15) is 0 Å². The van der Waals surface area contributed by atoms with Gasteiger partial charge in [-0.1, -0.05) is 12.1 Å². The van der Waals surface area contributed by atoms with Gasteiger partial charge in [-0.05, 0) is 64.9 Å². The maximum absolute atomic E-state index is 13.9. The second kappa shape index (κ2) is 6.21. The lowest BCUT2D eigenvalue weighted by atomic mass is 10.1. The van der Waals surface area contributed by atoms with Gasteiger partial charge in [-0.15, -0.1) is 0 Å². The highest BCUT2D eigenvalue weighted by molar-refractivity contribution is 14.1. The molecular weight excluding hydrogens is 372 g/mol. The number of aryl methyl sites for hydroxylation is 1. The monoisotopic (exact) mass is 385 g/mol. The van der Waals surface area contributed by atoms with E-state index >= 15 is 0 Å². The number of hydrogen-bond acceptors (Lipinski definition) is 3. The molecule has 0 heterocycles. The second-order valence-electron chi connectivity index (χ2n) is 4.40. The normalized spacial score (nSPS) is 10.3. The number of esters is 1. The Balaban J connectivity index is 2.11. The predicted octanol–water partition coefficient (Wildman–Crippen LogP) is 3.68. The molecule has 20 heavy (non-hydrogen) atoms. The van der Waals surface area contributed by atoms with E-state index in [1.165, 1.54) is 12.1 Å². The zero-order chi connectivity index (χ0) is 14.7. The van der Waals surface area contributed by atoms with Gasteiger partial charge in [0.2, 0.25) is 0 Å². The molecule has 0 fully saturated rings. The molecule has 0 radical (unpaired) electrons. The molecule has 104 valence electrons. The molecule has 0 aliphatic heterocycles. The molecule has 2 rings (SSSR count). The summed E-state index contributed by atoms with van der Waals surface area (Å²) in [5, 5.41) is 0. The molecular formula is C15H13FINO2. The number of halogens is 2. The number of nitrogens with two attached hydrogens (primary N) is 1. The quantitative estimate of drug-likeness (QED) is 0.498. The average molecular weight is 385 g/mol. The molecule has 0 saturated carbocycles. The van der Waals surface area contributed by atoms with Gasteiger partial charge in [-0.25, -0.2) is 9.18 Å². The molecule has 0 aromatic heterocycles. The third kappa shape index (κ3) is 3.47. The zero-order valence-electron chi connectivity index (χ0n) is 10.8. The van der Waals surface area contributed by atoms with E-state index in [1.807, 2.05) is 24.3 Å². The minimum absolute atomic E-state index is 0.100. The summed E-state index contributed by atoms with van der Waals surface area (Å²) in [6.45, 7) is 1.66. The first-order valence-electron chi connectivity index (χ1n) is 5.94. The molecule has 0 atom stereocenters. The van der Waals surface area contributed by atoms with Crippen molar-refractivity contribution >= 4 is 34.2 Å². The van der Waals surface area contributed by atoms with E-state index in [2.05, 4.69) is 22.6 Å². The van der Waals surface area contributed by atoms with Gasteiger partial charge in [0.25, 0.3) is 0 Å². The van der Waals surface area contributed by atoms with Crippen LogP contribution >= 0.6 is 22.6 Å². The molecule has 2 aromatic carbocycles. The molecule has 3 nitrogen and oxygen atoms in total. The highest BCUT2D eigenvalue weighted by Crippen LogP contribution is 2.18. The summed E-state index contributed by atoms with van der Waals surface area (Å²) in [5.74, 6) is -1.30. The summed E-state index contributed by atoms with van der Waals surface area (Å²) >= 11 is 2.19. The van der Waals surface area contributed by atoms with E-state index in [-0.39, 0.29) is 12.2 Å². The van der Waals surface area contributed by atoms with Crippen molar-refractivity contribution < 1.29 is 13.9 Å². The van der Waals surface area contributed by atoms with Gasteiger partial charge >= 0.3 is 5.97 Å². The third-order valence-corrected chi connectivity index (χ3v) is 3.50. The maximum Gasteiger partial charge on any atom is 0.341 e. The van der Waals surface area contributed by atoms with E-state index in [4.69, 9.17) is 10.5 Å². The highest BCUT2D eigenvalue weighted by atomic mass is 127. The summed E-state index contributed by atoms with van der Waals surface area (Å²) in [6.07, 6.45) is 0. The molecule has 0 amide bonds. The van der Waals surface area contributed by atoms with Crippen molar-refractivity contribution in [3.05, 3.63) is 62.5 Å². The van der Waals surface area contributed by atoms with E-state index in [1.54, 1.807) is 6.92 Å². The Morgan fingerprint density at radius 1 is 1.30 bits per heavy atom. The second-order valence-corrected chi connectivity index (χ2v) is 5.65. The fraction of sp³-hybridized carbons (Fsp3) is 0.133. The van der Waals surface area contributed by atoms with Crippen molar-refractivity contribution in [2.45, 2.75) is 13.5 Å². The molecule has 5 heteroatoms. The summed E-state index contributed by atoms with van der Waals surface area (Å²) in [6, 6.07) is 10.3. The summed E-state index contributed by atoms with van der Waals surface area (Å²) in [7, 11) is 0. The SMILES string of the molecule is Cc1cc(N)cc(C(=O)OCc2ccc(I)cc2)c1F. The largest absolute Gasteiger partial charge is 0.457 e. The van der Waals surface area contributed by atoms with Crippen molar-refractivity contribution in [1.82, 2.24) is 0 Å². The lowest BCUT2D eigenvalue weighted by Crippen LogP contribution is -2.09. The fourth-order valence-corrected chi connectivity index (χ4v) is 2.11. The predicted molar refractivity (Wildman–Crippen MR) is 83.8 cm³/mol. The minimum atomic E-state index is -0.712. The van der Waals surface area contributed by atoms with Crippen LogP contribution in [-0.4, -0.2) is 5.97 Å². The number of benzene rings is 2. The minimum Gasteiger partial charge on any atom is -0.457 e. The van der Waals surface area contributed by atoms with Crippen molar-refractivity contribution in [3.8, 4) is 0 Å². The molecule has 0 unspecified atom stereocenters. The first kappa shape index (κ1) is 14.8. The van der Waals surface area contributed by atoms with Gasteiger partial charge in [0.05, 0.1) is 5.56 Å². The standard InChI is InChI=1S/C15H13FINO2/c1-9-6-12(18)7-13(14(9)16)15(19)20-8-10-2-4-11(17)5-3-10/h2-7H,8,18H2,1H3. The number of rotatable bonds is 3. The van der Waals surface area contributed by atoms with Crippen molar-refractivity contribution in [2.24, 2.45) is 0 Å². The number of nitrogen functional groups attached to an aromatic ring is 1. The average Bonchev–Trinajstić information content (AvgIpc) is 2.42. The highest BCUT2D eigenvalue weighted by Gasteiger charge is 2.16.